The summed E-state index contributed by atoms with van der Waals surface area (Å²) in [4.78, 5) is 22.9. The smallest absolute Gasteiger partial charge is 0.305 e. The largest absolute Gasteiger partial charge is 0.466 e. The summed E-state index contributed by atoms with van der Waals surface area (Å²) in [5.41, 5.74) is 12.5. The molecule has 0 spiro atoms. The Balaban J connectivity index is 2.37. The zero-order chi connectivity index (χ0) is 14.3. The number of nitrogens with two attached hydrogens (primary N) is 2. The number of nitrogens with one attached hydrogen (secondary N) is 1. The standard InChI is InChI=1S/C13H19N3O3/c1-2-19-12(17)4-3-7-16-13(18)10-6-5-9(14)8-11(10)15/h5-6,8H,2-4,7,14-15H2,1H3,(H,16,18). The zero-order valence-electron chi connectivity index (χ0n) is 10.9. The van der Waals surface area contributed by atoms with Gasteiger partial charge in [-0.3, -0.25) is 9.59 Å². The Morgan fingerprint density at radius 2 is 2.05 bits per heavy atom. The number of nitrogen functional groups attached to an aromatic ring is 2. The van der Waals surface area contributed by atoms with Crippen molar-refractivity contribution in [2.75, 3.05) is 24.6 Å². The molecule has 0 aliphatic heterocycles. The molecule has 0 saturated carbocycles. The van der Waals surface area contributed by atoms with Gasteiger partial charge in [0.2, 0.25) is 0 Å². The molecule has 1 aromatic rings. The lowest BCUT2D eigenvalue weighted by Gasteiger charge is -2.08. The van der Waals surface area contributed by atoms with Crippen molar-refractivity contribution >= 4 is 23.3 Å². The number of carbonyl (C=O) groups is 2. The van der Waals surface area contributed by atoms with Crippen LogP contribution >= 0.6 is 0 Å². The Bertz CT molecular complexity index is 460. The van der Waals surface area contributed by atoms with Crippen LogP contribution in [0.4, 0.5) is 11.4 Å². The van der Waals surface area contributed by atoms with E-state index in [0.29, 0.717) is 36.5 Å². The van der Waals surface area contributed by atoms with Crippen LogP contribution in [0.25, 0.3) is 0 Å². The van der Waals surface area contributed by atoms with Crippen LogP contribution in [-0.2, 0) is 9.53 Å². The van der Waals surface area contributed by atoms with Crippen LogP contribution < -0.4 is 16.8 Å². The van der Waals surface area contributed by atoms with E-state index in [4.69, 9.17) is 16.2 Å². The minimum atomic E-state index is -0.277. The summed E-state index contributed by atoms with van der Waals surface area (Å²) in [5, 5.41) is 2.69. The van der Waals surface area contributed by atoms with Gasteiger partial charge in [0, 0.05) is 24.3 Å². The topological polar surface area (TPSA) is 107 Å². The Kier molecular flexibility index (Phi) is 5.66. The van der Waals surface area contributed by atoms with Gasteiger partial charge in [-0.1, -0.05) is 0 Å². The molecule has 5 N–H and O–H groups in total. The lowest BCUT2D eigenvalue weighted by molar-refractivity contribution is -0.143. The SMILES string of the molecule is CCOC(=O)CCCNC(=O)c1ccc(N)cc1N. The lowest BCUT2D eigenvalue weighted by Crippen LogP contribution is -2.26. The molecular weight excluding hydrogens is 246 g/mol. The number of benzene rings is 1. The van der Waals surface area contributed by atoms with Crippen molar-refractivity contribution in [3.8, 4) is 0 Å². The van der Waals surface area contributed by atoms with Crippen molar-refractivity contribution in [2.45, 2.75) is 19.8 Å². The van der Waals surface area contributed by atoms with E-state index in [1.165, 1.54) is 6.07 Å². The van der Waals surface area contributed by atoms with Gasteiger partial charge in [0.25, 0.3) is 5.91 Å². The first-order valence-corrected chi connectivity index (χ1v) is 6.13. The molecule has 0 atom stereocenters. The van der Waals surface area contributed by atoms with E-state index in [-0.39, 0.29) is 18.3 Å². The molecule has 0 aromatic heterocycles. The lowest BCUT2D eigenvalue weighted by atomic mass is 10.1. The monoisotopic (exact) mass is 265 g/mol. The fourth-order valence-corrected chi connectivity index (χ4v) is 1.55. The molecule has 0 radical (unpaired) electrons. The number of esters is 1. The van der Waals surface area contributed by atoms with Gasteiger partial charge in [-0.15, -0.1) is 0 Å². The highest BCUT2D eigenvalue weighted by Gasteiger charge is 2.09. The number of ether oxygens (including phenoxy) is 1. The molecule has 19 heavy (non-hydrogen) atoms. The van der Waals surface area contributed by atoms with Gasteiger partial charge in [-0.2, -0.15) is 0 Å². The zero-order valence-corrected chi connectivity index (χ0v) is 10.9. The van der Waals surface area contributed by atoms with Crippen molar-refractivity contribution < 1.29 is 14.3 Å². The normalized spacial score (nSPS) is 9.95. The molecule has 0 unspecified atom stereocenters. The van der Waals surface area contributed by atoms with Crippen LogP contribution in [0.1, 0.15) is 30.1 Å². The first kappa shape index (κ1) is 14.8. The summed E-state index contributed by atoms with van der Waals surface area (Å²) >= 11 is 0. The van der Waals surface area contributed by atoms with Crippen molar-refractivity contribution in [3.05, 3.63) is 23.8 Å². The second-order valence-corrected chi connectivity index (χ2v) is 4.01. The molecule has 6 nitrogen and oxygen atoms in total. The Morgan fingerprint density at radius 3 is 2.68 bits per heavy atom. The molecule has 0 aliphatic carbocycles. The molecule has 1 amide bonds. The van der Waals surface area contributed by atoms with Crippen LogP contribution in [0.2, 0.25) is 0 Å². The number of amides is 1. The fourth-order valence-electron chi connectivity index (χ4n) is 1.55. The summed E-state index contributed by atoms with van der Waals surface area (Å²) in [6.07, 6.45) is 0.810. The predicted molar refractivity (Wildman–Crippen MR) is 73.5 cm³/mol. The summed E-state index contributed by atoms with van der Waals surface area (Å²) < 4.78 is 4.78. The number of hydrogen-bond acceptors (Lipinski definition) is 5. The minimum absolute atomic E-state index is 0.260. The number of hydrogen-bond donors (Lipinski definition) is 3. The van der Waals surface area contributed by atoms with E-state index in [1.807, 2.05) is 0 Å². The average molecular weight is 265 g/mol. The van der Waals surface area contributed by atoms with Gasteiger partial charge in [-0.25, -0.2) is 0 Å². The van der Waals surface area contributed by atoms with Crippen molar-refractivity contribution in [2.24, 2.45) is 0 Å². The minimum Gasteiger partial charge on any atom is -0.466 e. The molecule has 0 fully saturated rings. The van der Waals surface area contributed by atoms with Gasteiger partial charge in [-0.05, 0) is 31.5 Å². The maximum Gasteiger partial charge on any atom is 0.305 e. The molecule has 0 aliphatic rings. The van der Waals surface area contributed by atoms with Crippen LogP contribution in [0.5, 0.6) is 0 Å². The second kappa shape index (κ2) is 7.25. The van der Waals surface area contributed by atoms with E-state index in [9.17, 15) is 9.59 Å². The molecule has 0 bridgehead atoms. The summed E-state index contributed by atoms with van der Waals surface area (Å²) in [6.45, 7) is 2.51. The molecule has 0 heterocycles. The van der Waals surface area contributed by atoms with Crippen molar-refractivity contribution in [1.29, 1.82) is 0 Å². The summed E-state index contributed by atoms with van der Waals surface area (Å²) in [6, 6.07) is 4.72. The summed E-state index contributed by atoms with van der Waals surface area (Å²) in [5.74, 6) is -0.537. The highest BCUT2D eigenvalue weighted by atomic mass is 16.5. The molecular formula is C13H19N3O3. The first-order chi connectivity index (χ1) is 9.04. The third kappa shape index (κ3) is 4.87. The van der Waals surface area contributed by atoms with E-state index >= 15 is 0 Å². The predicted octanol–water partition coefficient (Wildman–Crippen LogP) is 0.924. The van der Waals surface area contributed by atoms with E-state index < -0.39 is 0 Å². The summed E-state index contributed by atoms with van der Waals surface area (Å²) in [7, 11) is 0. The average Bonchev–Trinajstić information content (AvgIpc) is 2.34. The van der Waals surface area contributed by atoms with Crippen LogP contribution in [0.15, 0.2) is 18.2 Å². The molecule has 6 heteroatoms. The first-order valence-electron chi connectivity index (χ1n) is 6.13. The van der Waals surface area contributed by atoms with E-state index in [0.717, 1.165) is 0 Å². The van der Waals surface area contributed by atoms with Crippen molar-refractivity contribution in [1.82, 2.24) is 5.32 Å². The van der Waals surface area contributed by atoms with Crippen LogP contribution in [0, 0.1) is 0 Å². The van der Waals surface area contributed by atoms with E-state index in [2.05, 4.69) is 5.32 Å². The molecule has 104 valence electrons. The Labute approximate surface area is 112 Å². The molecule has 0 saturated heterocycles. The fraction of sp³-hybridized carbons (Fsp3) is 0.385. The van der Waals surface area contributed by atoms with Crippen LogP contribution in [0.3, 0.4) is 0 Å². The van der Waals surface area contributed by atoms with Gasteiger partial charge >= 0.3 is 5.97 Å². The highest BCUT2D eigenvalue weighted by Crippen LogP contribution is 2.15. The van der Waals surface area contributed by atoms with Gasteiger partial charge in [0.15, 0.2) is 0 Å². The maximum absolute atomic E-state index is 11.8. The highest BCUT2D eigenvalue weighted by molar-refractivity contribution is 5.99. The number of carbonyl (C=O) groups excluding carboxylic acids is 2. The number of anilines is 2. The maximum atomic E-state index is 11.8. The quantitative estimate of drug-likeness (QED) is 0.403. The molecule has 1 rings (SSSR count). The van der Waals surface area contributed by atoms with Gasteiger partial charge < -0.3 is 21.5 Å². The molecule has 1 aromatic carbocycles. The second-order valence-electron chi connectivity index (χ2n) is 4.01. The third-order valence-electron chi connectivity index (χ3n) is 2.47. The van der Waals surface area contributed by atoms with E-state index in [1.54, 1.807) is 19.1 Å². The Hall–Kier alpha value is -2.24. The third-order valence-corrected chi connectivity index (χ3v) is 2.47. The van der Waals surface area contributed by atoms with Crippen molar-refractivity contribution in [3.63, 3.8) is 0 Å². The Morgan fingerprint density at radius 1 is 1.32 bits per heavy atom. The van der Waals surface area contributed by atoms with Gasteiger partial charge in [0.1, 0.15) is 0 Å². The van der Waals surface area contributed by atoms with Crippen LogP contribution in [-0.4, -0.2) is 25.0 Å². The number of rotatable bonds is 6. The van der Waals surface area contributed by atoms with Gasteiger partial charge in [0.05, 0.1) is 12.2 Å².